The SMILES string of the molecule is C#CCCCSCC(NC(C)=O)C(=O)O. The molecule has 0 radical (unpaired) electrons. The zero-order valence-corrected chi connectivity index (χ0v) is 9.47. The maximum atomic E-state index is 10.7. The smallest absolute Gasteiger partial charge is 0.327 e. The van der Waals surface area contributed by atoms with E-state index in [2.05, 4.69) is 11.2 Å². The molecular weight excluding hydrogens is 214 g/mol. The van der Waals surface area contributed by atoms with Crippen molar-refractivity contribution in [3.8, 4) is 12.3 Å². The van der Waals surface area contributed by atoms with Gasteiger partial charge in [-0.15, -0.1) is 12.3 Å². The number of rotatable bonds is 7. The van der Waals surface area contributed by atoms with E-state index in [0.717, 1.165) is 12.2 Å². The lowest BCUT2D eigenvalue weighted by atomic mass is 10.3. The van der Waals surface area contributed by atoms with Crippen LogP contribution in [-0.4, -0.2) is 34.5 Å². The second-order valence-electron chi connectivity index (χ2n) is 2.97. The molecule has 0 aromatic heterocycles. The van der Waals surface area contributed by atoms with Gasteiger partial charge in [-0.3, -0.25) is 4.79 Å². The van der Waals surface area contributed by atoms with E-state index in [9.17, 15) is 9.59 Å². The van der Waals surface area contributed by atoms with Gasteiger partial charge in [0.2, 0.25) is 5.91 Å². The van der Waals surface area contributed by atoms with E-state index in [-0.39, 0.29) is 5.91 Å². The maximum absolute atomic E-state index is 10.7. The normalized spacial score (nSPS) is 11.5. The Bertz CT molecular complexity index is 260. The fourth-order valence-corrected chi connectivity index (χ4v) is 1.87. The van der Waals surface area contributed by atoms with Gasteiger partial charge in [-0.25, -0.2) is 4.79 Å². The van der Waals surface area contributed by atoms with Gasteiger partial charge in [-0.2, -0.15) is 11.8 Å². The highest BCUT2D eigenvalue weighted by Crippen LogP contribution is 2.06. The van der Waals surface area contributed by atoms with Gasteiger partial charge in [-0.05, 0) is 12.2 Å². The van der Waals surface area contributed by atoms with Crippen molar-refractivity contribution < 1.29 is 14.7 Å². The molecule has 15 heavy (non-hydrogen) atoms. The van der Waals surface area contributed by atoms with E-state index in [1.54, 1.807) is 0 Å². The minimum Gasteiger partial charge on any atom is -0.480 e. The fraction of sp³-hybridized carbons (Fsp3) is 0.600. The molecule has 0 saturated heterocycles. The van der Waals surface area contributed by atoms with E-state index in [4.69, 9.17) is 11.5 Å². The third-order valence-corrected chi connectivity index (χ3v) is 2.72. The van der Waals surface area contributed by atoms with Crippen LogP contribution in [-0.2, 0) is 9.59 Å². The number of unbranched alkanes of at least 4 members (excludes halogenated alkanes) is 1. The van der Waals surface area contributed by atoms with Crippen LogP contribution in [0.4, 0.5) is 0 Å². The van der Waals surface area contributed by atoms with Crippen molar-refractivity contribution in [1.29, 1.82) is 0 Å². The highest BCUT2D eigenvalue weighted by atomic mass is 32.2. The number of amides is 1. The Hall–Kier alpha value is -1.15. The van der Waals surface area contributed by atoms with Crippen LogP contribution in [0.2, 0.25) is 0 Å². The monoisotopic (exact) mass is 229 g/mol. The molecule has 5 heteroatoms. The van der Waals surface area contributed by atoms with Gasteiger partial charge in [0.25, 0.3) is 0 Å². The largest absolute Gasteiger partial charge is 0.480 e. The first-order valence-corrected chi connectivity index (χ1v) is 5.74. The van der Waals surface area contributed by atoms with E-state index in [0.29, 0.717) is 12.2 Å². The predicted molar refractivity (Wildman–Crippen MR) is 60.6 cm³/mol. The Morgan fingerprint density at radius 1 is 1.60 bits per heavy atom. The summed E-state index contributed by atoms with van der Waals surface area (Å²) in [6, 6.07) is -0.807. The molecule has 1 amide bonds. The van der Waals surface area contributed by atoms with Crippen molar-refractivity contribution in [3.05, 3.63) is 0 Å². The molecule has 0 aromatic rings. The fourth-order valence-electron chi connectivity index (χ4n) is 0.898. The molecule has 84 valence electrons. The van der Waals surface area contributed by atoms with Crippen LogP contribution in [0, 0.1) is 12.3 Å². The molecule has 1 unspecified atom stereocenters. The van der Waals surface area contributed by atoms with E-state index >= 15 is 0 Å². The van der Waals surface area contributed by atoms with Gasteiger partial charge in [0, 0.05) is 19.1 Å². The Labute approximate surface area is 93.8 Å². The molecule has 2 N–H and O–H groups in total. The molecule has 0 heterocycles. The van der Waals surface area contributed by atoms with E-state index < -0.39 is 12.0 Å². The Balaban J connectivity index is 3.73. The third-order valence-electron chi connectivity index (χ3n) is 1.57. The molecule has 0 rings (SSSR count). The Morgan fingerprint density at radius 3 is 2.73 bits per heavy atom. The summed E-state index contributed by atoms with van der Waals surface area (Å²) in [5.41, 5.74) is 0. The molecule has 0 bridgehead atoms. The van der Waals surface area contributed by atoms with Crippen LogP contribution < -0.4 is 5.32 Å². The van der Waals surface area contributed by atoms with Gasteiger partial charge in [0.1, 0.15) is 6.04 Å². The predicted octanol–water partition coefficient (Wildman–Crippen LogP) is 0.722. The van der Waals surface area contributed by atoms with Crippen molar-refractivity contribution >= 4 is 23.6 Å². The van der Waals surface area contributed by atoms with Gasteiger partial charge in [0.15, 0.2) is 0 Å². The molecule has 0 aromatic carbocycles. The summed E-state index contributed by atoms with van der Waals surface area (Å²) in [6.07, 6.45) is 6.64. The number of hydrogen-bond acceptors (Lipinski definition) is 3. The van der Waals surface area contributed by atoms with Gasteiger partial charge >= 0.3 is 5.97 Å². The van der Waals surface area contributed by atoms with Crippen LogP contribution in [0.25, 0.3) is 0 Å². The van der Waals surface area contributed by atoms with Crippen molar-refractivity contribution in [1.82, 2.24) is 5.32 Å². The Morgan fingerprint density at radius 2 is 2.27 bits per heavy atom. The standard InChI is InChI=1S/C10H15NO3S/c1-3-4-5-6-15-7-9(10(13)14)11-8(2)12/h1,9H,4-7H2,2H3,(H,11,12)(H,13,14). The summed E-state index contributed by atoms with van der Waals surface area (Å²) in [5, 5.41) is 11.1. The van der Waals surface area contributed by atoms with Gasteiger partial charge in [0.05, 0.1) is 0 Å². The summed E-state index contributed by atoms with van der Waals surface area (Å²) >= 11 is 1.48. The van der Waals surface area contributed by atoms with E-state index in [1.807, 2.05) is 0 Å². The van der Waals surface area contributed by atoms with E-state index in [1.165, 1.54) is 18.7 Å². The first kappa shape index (κ1) is 13.8. The van der Waals surface area contributed by atoms with Gasteiger partial charge in [-0.1, -0.05) is 0 Å². The lowest BCUT2D eigenvalue weighted by Crippen LogP contribution is -2.41. The summed E-state index contributed by atoms with van der Waals surface area (Å²) < 4.78 is 0. The van der Waals surface area contributed by atoms with Crippen molar-refractivity contribution in [2.24, 2.45) is 0 Å². The molecule has 1 atom stereocenters. The van der Waals surface area contributed by atoms with Crippen molar-refractivity contribution in [2.45, 2.75) is 25.8 Å². The first-order valence-electron chi connectivity index (χ1n) is 4.59. The average Bonchev–Trinajstić information content (AvgIpc) is 2.15. The second kappa shape index (κ2) is 8.18. The topological polar surface area (TPSA) is 66.4 Å². The molecule has 0 aliphatic carbocycles. The summed E-state index contributed by atoms with van der Waals surface area (Å²) in [4.78, 5) is 21.4. The van der Waals surface area contributed by atoms with Crippen LogP contribution >= 0.6 is 11.8 Å². The number of thioether (sulfide) groups is 1. The number of carbonyl (C=O) groups is 2. The molecular formula is C10H15NO3S. The second-order valence-corrected chi connectivity index (χ2v) is 4.12. The Kier molecular flexibility index (Phi) is 7.56. The average molecular weight is 229 g/mol. The maximum Gasteiger partial charge on any atom is 0.327 e. The molecule has 0 spiro atoms. The molecule has 0 aliphatic heterocycles. The number of nitrogens with one attached hydrogen (secondary N) is 1. The molecule has 0 aliphatic rings. The highest BCUT2D eigenvalue weighted by Gasteiger charge is 2.17. The summed E-state index contributed by atoms with van der Waals surface area (Å²) in [7, 11) is 0. The lowest BCUT2D eigenvalue weighted by Gasteiger charge is -2.12. The molecule has 4 nitrogen and oxygen atoms in total. The number of aliphatic carboxylic acids is 1. The number of carboxylic acids is 1. The van der Waals surface area contributed by atoms with Gasteiger partial charge < -0.3 is 10.4 Å². The highest BCUT2D eigenvalue weighted by molar-refractivity contribution is 7.99. The number of carboxylic acid groups (broad SMARTS) is 1. The summed E-state index contributed by atoms with van der Waals surface area (Å²) in [6.45, 7) is 1.30. The van der Waals surface area contributed by atoms with Crippen LogP contribution in [0.5, 0.6) is 0 Å². The third kappa shape index (κ3) is 7.89. The number of terminal acetylenes is 1. The summed E-state index contributed by atoms with van der Waals surface area (Å²) in [5.74, 6) is 2.37. The minimum absolute atomic E-state index is 0.327. The van der Waals surface area contributed by atoms with Crippen LogP contribution in [0.1, 0.15) is 19.8 Å². The van der Waals surface area contributed by atoms with Crippen molar-refractivity contribution in [3.63, 3.8) is 0 Å². The quantitative estimate of drug-likeness (QED) is 0.499. The number of carbonyl (C=O) groups excluding carboxylic acids is 1. The van der Waals surface area contributed by atoms with Crippen LogP contribution in [0.3, 0.4) is 0 Å². The van der Waals surface area contributed by atoms with Crippen molar-refractivity contribution in [2.75, 3.05) is 11.5 Å². The zero-order valence-electron chi connectivity index (χ0n) is 8.66. The zero-order chi connectivity index (χ0) is 11.7. The number of hydrogen-bond donors (Lipinski definition) is 2. The minimum atomic E-state index is -1.00. The lowest BCUT2D eigenvalue weighted by molar-refractivity contribution is -0.140. The van der Waals surface area contributed by atoms with Crippen LogP contribution in [0.15, 0.2) is 0 Å². The molecule has 0 saturated carbocycles. The molecule has 0 fully saturated rings. The first-order chi connectivity index (χ1) is 7.07.